The Kier molecular flexibility index (Phi) is 6.84. The molecule has 0 N–H and O–H groups in total. The summed E-state index contributed by atoms with van der Waals surface area (Å²) in [4.78, 5) is 31.4. The fourth-order valence-corrected chi connectivity index (χ4v) is 4.53. The standard InChI is InChI=1S/C26H21F4N7O3/c1-13-11-37(12-18(40-13)15-6-7-32-19(9-15)39-3)25-34-20(16-5-4-14(10-31)8-17(16)27)21-22(35-25)23(38)36(2)24(33-21)26(28,29)30/h4-9,13,18H,11-12H2,1-3H3. The summed E-state index contributed by atoms with van der Waals surface area (Å²) < 4.78 is 68.0. The molecule has 0 spiro atoms. The van der Waals surface area contributed by atoms with E-state index in [-0.39, 0.29) is 42.0 Å². The number of nitriles is 1. The summed E-state index contributed by atoms with van der Waals surface area (Å²) in [6.07, 6.45) is -4.25. The second kappa shape index (κ2) is 10.2. The van der Waals surface area contributed by atoms with Crippen molar-refractivity contribution in [2.75, 3.05) is 25.1 Å². The predicted molar refractivity (Wildman–Crippen MR) is 134 cm³/mol. The van der Waals surface area contributed by atoms with E-state index in [0.29, 0.717) is 10.4 Å². The van der Waals surface area contributed by atoms with Gasteiger partial charge in [0.15, 0.2) is 5.52 Å². The van der Waals surface area contributed by atoms with Crippen molar-refractivity contribution in [1.82, 2.24) is 24.5 Å². The van der Waals surface area contributed by atoms with Gasteiger partial charge in [-0.05, 0) is 36.8 Å². The summed E-state index contributed by atoms with van der Waals surface area (Å²) in [5.74, 6) is -2.05. The highest BCUT2D eigenvalue weighted by atomic mass is 19.4. The second-order valence-electron chi connectivity index (χ2n) is 9.15. The summed E-state index contributed by atoms with van der Waals surface area (Å²) >= 11 is 0. The van der Waals surface area contributed by atoms with Gasteiger partial charge in [-0.1, -0.05) is 0 Å². The lowest BCUT2D eigenvalue weighted by molar-refractivity contribution is -0.147. The third-order valence-corrected chi connectivity index (χ3v) is 6.40. The SMILES string of the molecule is COc1cc(C2CN(c3nc(-c4ccc(C#N)cc4F)c4nc(C(F)(F)F)n(C)c(=O)c4n3)CC(C)O2)ccn1. The van der Waals surface area contributed by atoms with Gasteiger partial charge in [0.25, 0.3) is 5.56 Å². The molecule has 0 amide bonds. The van der Waals surface area contributed by atoms with Crippen LogP contribution in [-0.2, 0) is 18.0 Å². The van der Waals surface area contributed by atoms with Crippen molar-refractivity contribution in [2.24, 2.45) is 7.05 Å². The molecule has 14 heteroatoms. The van der Waals surface area contributed by atoms with Crippen molar-refractivity contribution in [1.29, 1.82) is 5.26 Å². The molecule has 1 saturated heterocycles. The van der Waals surface area contributed by atoms with Gasteiger partial charge in [-0.15, -0.1) is 0 Å². The number of halogens is 4. The number of alkyl halides is 3. The van der Waals surface area contributed by atoms with Crippen molar-refractivity contribution >= 4 is 17.0 Å². The number of aromatic nitrogens is 5. The molecular formula is C26H21F4N7O3. The molecule has 3 aromatic heterocycles. The van der Waals surface area contributed by atoms with Crippen LogP contribution in [0.4, 0.5) is 23.5 Å². The maximum Gasteiger partial charge on any atom is 0.449 e. The molecule has 1 fully saturated rings. The van der Waals surface area contributed by atoms with E-state index < -0.39 is 40.5 Å². The largest absolute Gasteiger partial charge is 0.481 e. The van der Waals surface area contributed by atoms with E-state index in [1.807, 2.05) is 6.92 Å². The zero-order valence-corrected chi connectivity index (χ0v) is 21.4. The Bertz CT molecular complexity index is 1720. The molecule has 0 radical (unpaired) electrons. The number of pyridine rings is 1. The third kappa shape index (κ3) is 4.91. The fraction of sp³-hybridized carbons (Fsp3) is 0.308. The molecule has 0 bridgehead atoms. The fourth-order valence-electron chi connectivity index (χ4n) is 4.53. The molecule has 4 heterocycles. The first kappa shape index (κ1) is 26.9. The quantitative estimate of drug-likeness (QED) is 0.347. The summed E-state index contributed by atoms with van der Waals surface area (Å²) in [5.41, 5.74) is -1.81. The van der Waals surface area contributed by atoms with Crippen molar-refractivity contribution in [3.63, 3.8) is 0 Å². The minimum atomic E-state index is -4.97. The number of ether oxygens (including phenoxy) is 2. The van der Waals surface area contributed by atoms with Crippen molar-refractivity contribution in [3.05, 3.63) is 69.7 Å². The van der Waals surface area contributed by atoms with Crippen LogP contribution in [0.25, 0.3) is 22.3 Å². The highest BCUT2D eigenvalue weighted by molar-refractivity contribution is 5.90. The van der Waals surface area contributed by atoms with Crippen LogP contribution in [0.2, 0.25) is 0 Å². The summed E-state index contributed by atoms with van der Waals surface area (Å²) in [5, 5.41) is 9.12. The Balaban J connectivity index is 1.71. The number of rotatable bonds is 4. The average Bonchev–Trinajstić information content (AvgIpc) is 2.93. The molecule has 2 atom stereocenters. The maximum atomic E-state index is 15.2. The normalized spacial score (nSPS) is 17.6. The van der Waals surface area contributed by atoms with Crippen LogP contribution in [0, 0.1) is 17.1 Å². The summed E-state index contributed by atoms with van der Waals surface area (Å²) in [6, 6.07) is 8.69. The molecule has 0 saturated carbocycles. The van der Waals surface area contributed by atoms with E-state index in [2.05, 4.69) is 19.9 Å². The summed E-state index contributed by atoms with van der Waals surface area (Å²) in [7, 11) is 2.42. The number of hydrogen-bond donors (Lipinski definition) is 0. The Morgan fingerprint density at radius 1 is 1.12 bits per heavy atom. The molecule has 10 nitrogen and oxygen atoms in total. The lowest BCUT2D eigenvalue weighted by Crippen LogP contribution is -2.44. The topological polar surface area (TPSA) is 119 Å². The smallest absolute Gasteiger partial charge is 0.449 e. The van der Waals surface area contributed by atoms with E-state index in [9.17, 15) is 18.0 Å². The second-order valence-corrected chi connectivity index (χ2v) is 9.15. The van der Waals surface area contributed by atoms with Gasteiger partial charge < -0.3 is 14.4 Å². The van der Waals surface area contributed by atoms with Crippen LogP contribution in [0.3, 0.4) is 0 Å². The van der Waals surface area contributed by atoms with Gasteiger partial charge in [-0.25, -0.2) is 24.3 Å². The molecule has 1 aromatic carbocycles. The van der Waals surface area contributed by atoms with Crippen molar-refractivity contribution in [2.45, 2.75) is 25.3 Å². The van der Waals surface area contributed by atoms with Crippen LogP contribution < -0.4 is 15.2 Å². The Morgan fingerprint density at radius 2 is 1.90 bits per heavy atom. The van der Waals surface area contributed by atoms with Gasteiger partial charge in [0.2, 0.25) is 17.7 Å². The first-order valence-corrected chi connectivity index (χ1v) is 12.0. The highest BCUT2D eigenvalue weighted by Gasteiger charge is 2.38. The zero-order valence-electron chi connectivity index (χ0n) is 21.4. The minimum Gasteiger partial charge on any atom is -0.481 e. The van der Waals surface area contributed by atoms with Crippen LogP contribution in [-0.4, -0.2) is 50.8 Å². The molecule has 40 heavy (non-hydrogen) atoms. The van der Waals surface area contributed by atoms with Crippen LogP contribution in [0.5, 0.6) is 5.88 Å². The molecule has 1 aliphatic rings. The Morgan fingerprint density at radius 3 is 2.58 bits per heavy atom. The van der Waals surface area contributed by atoms with Gasteiger partial charge in [0.1, 0.15) is 23.1 Å². The lowest BCUT2D eigenvalue weighted by Gasteiger charge is -2.37. The van der Waals surface area contributed by atoms with Crippen LogP contribution in [0.15, 0.2) is 41.3 Å². The van der Waals surface area contributed by atoms with Gasteiger partial charge in [-0.3, -0.25) is 9.36 Å². The zero-order chi connectivity index (χ0) is 28.8. The molecular weight excluding hydrogens is 534 g/mol. The molecule has 0 aliphatic carbocycles. The molecule has 5 rings (SSSR count). The Labute approximate surface area is 224 Å². The maximum absolute atomic E-state index is 15.2. The molecule has 1 aliphatic heterocycles. The molecule has 2 unspecified atom stereocenters. The number of nitrogens with zero attached hydrogens (tertiary/aromatic N) is 7. The molecule has 206 valence electrons. The van der Waals surface area contributed by atoms with Crippen LogP contribution in [0.1, 0.15) is 30.0 Å². The van der Waals surface area contributed by atoms with E-state index >= 15 is 4.39 Å². The minimum absolute atomic E-state index is 0.00249. The number of methoxy groups -OCH3 is 1. The third-order valence-electron chi connectivity index (χ3n) is 6.40. The first-order chi connectivity index (χ1) is 19.0. The average molecular weight is 555 g/mol. The van der Waals surface area contributed by atoms with Crippen molar-refractivity contribution in [3.8, 4) is 23.2 Å². The summed E-state index contributed by atoms with van der Waals surface area (Å²) in [6.45, 7) is 2.29. The van der Waals surface area contributed by atoms with E-state index in [0.717, 1.165) is 18.7 Å². The highest BCUT2D eigenvalue weighted by Crippen LogP contribution is 2.34. The predicted octanol–water partition coefficient (Wildman–Crippen LogP) is 3.79. The number of benzene rings is 1. The number of morpholine rings is 1. The lowest BCUT2D eigenvalue weighted by atomic mass is 10.1. The van der Waals surface area contributed by atoms with E-state index in [4.69, 9.17) is 14.7 Å². The Hall–Kier alpha value is -4.64. The van der Waals surface area contributed by atoms with E-state index in [1.54, 1.807) is 29.3 Å². The number of fused-ring (bicyclic) bond motifs is 1. The number of anilines is 1. The first-order valence-electron chi connectivity index (χ1n) is 12.0. The van der Waals surface area contributed by atoms with Gasteiger partial charge in [-0.2, -0.15) is 18.4 Å². The van der Waals surface area contributed by atoms with Crippen LogP contribution >= 0.6 is 0 Å². The molecule has 4 aromatic rings. The van der Waals surface area contributed by atoms with Gasteiger partial charge in [0.05, 0.1) is 31.4 Å². The number of hydrogen-bond acceptors (Lipinski definition) is 9. The van der Waals surface area contributed by atoms with Gasteiger partial charge in [0, 0.05) is 31.4 Å². The monoisotopic (exact) mass is 555 g/mol. The van der Waals surface area contributed by atoms with Crippen molar-refractivity contribution < 1.29 is 27.0 Å². The van der Waals surface area contributed by atoms with Gasteiger partial charge >= 0.3 is 6.18 Å². The van der Waals surface area contributed by atoms with E-state index in [1.165, 1.54) is 19.2 Å².